The first-order valence-corrected chi connectivity index (χ1v) is 23.8. The third-order valence-corrected chi connectivity index (χ3v) is 13.2. The Morgan fingerprint density at radius 1 is 0.864 bits per heavy atom. The molecule has 0 unspecified atom stereocenters. The van der Waals surface area contributed by atoms with Crippen molar-refractivity contribution in [1.29, 1.82) is 0 Å². The number of carbonyl (C=O) groups excluding carboxylic acids is 1. The Kier molecular flexibility index (Phi) is 17.5. The molecule has 66 heavy (non-hydrogen) atoms. The Labute approximate surface area is 391 Å². The van der Waals surface area contributed by atoms with E-state index in [1.165, 1.54) is 5.56 Å². The van der Waals surface area contributed by atoms with Gasteiger partial charge in [0.05, 0.1) is 31.5 Å². The molecule has 3 aliphatic rings. The Morgan fingerprint density at radius 3 is 2.26 bits per heavy atom. The van der Waals surface area contributed by atoms with Crippen LogP contribution >= 0.6 is 0 Å². The molecular formula is C55H68N2O9. The van der Waals surface area contributed by atoms with Crippen molar-refractivity contribution in [2.45, 2.75) is 103 Å². The SMILES string of the molecule is C=CCO[C@@]12Oc3ccc(Oc4ccc(C)c(C)c4)cc3[C@H]3[C@H](CCCCO)[C@@H](CCCCO)C=C(C(=NOCc4ccccc4)C[C@@H]1N(CCC)C(=O)OCCOCc1ccccc1)[C@H]32. The van der Waals surface area contributed by atoms with Crippen LogP contribution in [0.3, 0.4) is 0 Å². The zero-order valence-corrected chi connectivity index (χ0v) is 38.9. The number of unbranched alkanes of at least 4 members (excludes halogenated alkanes) is 2. The average molecular weight is 901 g/mol. The molecule has 6 atom stereocenters. The Hall–Kier alpha value is -5.46. The van der Waals surface area contributed by atoms with Crippen molar-refractivity contribution in [3.63, 3.8) is 0 Å². The Morgan fingerprint density at radius 2 is 1.56 bits per heavy atom. The van der Waals surface area contributed by atoms with Crippen LogP contribution in [0.25, 0.3) is 0 Å². The van der Waals surface area contributed by atoms with Gasteiger partial charge < -0.3 is 38.7 Å². The van der Waals surface area contributed by atoms with Gasteiger partial charge in [-0.3, -0.25) is 4.90 Å². The first-order chi connectivity index (χ1) is 32.3. The third-order valence-electron chi connectivity index (χ3n) is 13.2. The van der Waals surface area contributed by atoms with E-state index in [1.807, 2.05) is 85.8 Å². The number of benzene rings is 4. The summed E-state index contributed by atoms with van der Waals surface area (Å²) in [6.45, 7) is 12.0. The van der Waals surface area contributed by atoms with Crippen molar-refractivity contribution >= 4 is 11.8 Å². The van der Waals surface area contributed by atoms with Gasteiger partial charge in [-0.25, -0.2) is 4.79 Å². The normalized spacial score (nSPS) is 22.3. The minimum Gasteiger partial charge on any atom is -0.459 e. The number of aryl methyl sites for hydroxylation is 2. The lowest BCUT2D eigenvalue weighted by Crippen LogP contribution is -2.70. The van der Waals surface area contributed by atoms with Crippen LogP contribution in [0.15, 0.2) is 127 Å². The number of aliphatic hydroxyl groups is 2. The minimum absolute atomic E-state index is 0.0624. The van der Waals surface area contributed by atoms with Gasteiger partial charge in [0.25, 0.3) is 0 Å². The fourth-order valence-corrected chi connectivity index (χ4v) is 10.0. The van der Waals surface area contributed by atoms with E-state index in [2.05, 4.69) is 44.7 Å². The van der Waals surface area contributed by atoms with E-state index in [-0.39, 0.29) is 63.8 Å². The molecule has 0 bridgehead atoms. The second-order valence-corrected chi connectivity index (χ2v) is 17.7. The number of oxime groups is 1. The molecule has 1 heterocycles. The molecule has 1 saturated carbocycles. The third kappa shape index (κ3) is 11.6. The van der Waals surface area contributed by atoms with Gasteiger partial charge in [0, 0.05) is 37.7 Å². The van der Waals surface area contributed by atoms with Crippen LogP contribution in [-0.2, 0) is 32.3 Å². The van der Waals surface area contributed by atoms with Crippen LogP contribution in [-0.4, -0.2) is 78.3 Å². The number of allylic oxidation sites excluding steroid dienone is 1. The van der Waals surface area contributed by atoms with Crippen LogP contribution < -0.4 is 9.47 Å². The van der Waals surface area contributed by atoms with Gasteiger partial charge >= 0.3 is 6.09 Å². The summed E-state index contributed by atoms with van der Waals surface area (Å²) in [6.07, 6.45) is 9.15. The monoisotopic (exact) mass is 900 g/mol. The molecule has 2 N–H and O–H groups in total. The van der Waals surface area contributed by atoms with Gasteiger partial charge in [-0.1, -0.05) is 104 Å². The molecule has 352 valence electrons. The van der Waals surface area contributed by atoms with E-state index in [0.29, 0.717) is 43.9 Å². The number of rotatable bonds is 24. The lowest BCUT2D eigenvalue weighted by molar-refractivity contribution is -0.255. The molecule has 0 spiro atoms. The van der Waals surface area contributed by atoms with Gasteiger partial charge in [-0.05, 0) is 116 Å². The molecule has 0 radical (unpaired) electrons. The number of carbonyl (C=O) groups is 1. The van der Waals surface area contributed by atoms with Crippen LogP contribution in [0.2, 0.25) is 0 Å². The summed E-state index contributed by atoms with van der Waals surface area (Å²) in [5, 5.41) is 25.0. The number of aliphatic hydroxyl groups excluding tert-OH is 2. The minimum atomic E-state index is -1.41. The predicted octanol–water partition coefficient (Wildman–Crippen LogP) is 11.0. The topological polar surface area (TPSA) is 129 Å². The largest absolute Gasteiger partial charge is 0.459 e. The summed E-state index contributed by atoms with van der Waals surface area (Å²) < 4.78 is 33.1. The molecular weight excluding hydrogens is 833 g/mol. The second-order valence-electron chi connectivity index (χ2n) is 17.7. The van der Waals surface area contributed by atoms with Crippen LogP contribution in [0.5, 0.6) is 17.2 Å². The highest BCUT2D eigenvalue weighted by Gasteiger charge is 2.65. The Balaban J connectivity index is 1.35. The molecule has 2 aliphatic carbocycles. The number of fused-ring (bicyclic) bond motifs is 2. The maximum Gasteiger partial charge on any atom is 0.410 e. The maximum absolute atomic E-state index is 14.6. The van der Waals surface area contributed by atoms with E-state index in [1.54, 1.807) is 11.0 Å². The van der Waals surface area contributed by atoms with Crippen LogP contribution in [0.4, 0.5) is 4.79 Å². The van der Waals surface area contributed by atoms with Crippen molar-refractivity contribution in [2.24, 2.45) is 22.9 Å². The number of ether oxygens (including phenoxy) is 5. The van der Waals surface area contributed by atoms with Crippen LogP contribution in [0.1, 0.15) is 92.0 Å². The zero-order valence-electron chi connectivity index (χ0n) is 38.9. The molecule has 1 fully saturated rings. The lowest BCUT2D eigenvalue weighted by atomic mass is 9.55. The first-order valence-electron chi connectivity index (χ1n) is 23.8. The van der Waals surface area contributed by atoms with Gasteiger partial charge in [0.1, 0.15) is 36.5 Å². The number of amides is 1. The van der Waals surface area contributed by atoms with Crippen molar-refractivity contribution in [1.82, 2.24) is 4.90 Å². The van der Waals surface area contributed by atoms with Gasteiger partial charge in [-0.2, -0.15) is 0 Å². The number of nitrogens with zero attached hydrogens (tertiary/aromatic N) is 2. The smallest absolute Gasteiger partial charge is 0.410 e. The predicted molar refractivity (Wildman–Crippen MR) is 257 cm³/mol. The molecule has 1 amide bonds. The molecule has 7 rings (SSSR count). The average Bonchev–Trinajstić information content (AvgIpc) is 3.33. The van der Waals surface area contributed by atoms with Crippen molar-refractivity contribution < 1.29 is 43.5 Å². The maximum atomic E-state index is 14.6. The molecule has 4 aromatic carbocycles. The van der Waals surface area contributed by atoms with Gasteiger partial charge in [0.2, 0.25) is 5.79 Å². The number of hydrogen-bond donors (Lipinski definition) is 2. The van der Waals surface area contributed by atoms with Crippen molar-refractivity contribution in [3.05, 3.63) is 149 Å². The standard InChI is InChI=1S/C55H68N2O9/c1-5-27-57(54(60)62-32-31-61-37-41-17-9-7-10-18-41)51-36-49(56-64-38-42-19-11-8-12-20-42)47-34-43(21-13-15-28-58)46(22-14-16-29-59)52-48-35-45(65-44-24-23-39(3)40(4)33-44)25-26-50(48)66-55(51,53(47)52)63-30-6-2/h6-12,17-20,23-26,33-35,43,46,51-53,58-59H,2,5,13-16,21-22,27-32,36-38H2,1,3-4H3/t43-,46+,51-,52+,53+,55+/m0/s1. The van der Waals surface area contributed by atoms with E-state index in [4.69, 9.17) is 33.7 Å². The summed E-state index contributed by atoms with van der Waals surface area (Å²) in [6, 6.07) is 31.3. The fraction of sp³-hybridized carbons (Fsp3) is 0.455. The summed E-state index contributed by atoms with van der Waals surface area (Å²) >= 11 is 0. The highest BCUT2D eigenvalue weighted by Crippen LogP contribution is 2.62. The Bertz CT molecular complexity index is 2250. The van der Waals surface area contributed by atoms with E-state index < -0.39 is 23.8 Å². The van der Waals surface area contributed by atoms with Gasteiger partial charge in [0.15, 0.2) is 0 Å². The van der Waals surface area contributed by atoms with E-state index in [9.17, 15) is 15.0 Å². The summed E-state index contributed by atoms with van der Waals surface area (Å²) in [7, 11) is 0. The lowest BCUT2D eigenvalue weighted by Gasteiger charge is -2.59. The van der Waals surface area contributed by atoms with Gasteiger partial charge in [-0.15, -0.1) is 6.58 Å². The van der Waals surface area contributed by atoms with E-state index in [0.717, 1.165) is 65.0 Å². The molecule has 11 heteroatoms. The zero-order chi connectivity index (χ0) is 46.3. The van der Waals surface area contributed by atoms with Crippen molar-refractivity contribution in [3.8, 4) is 17.2 Å². The number of hydrogen-bond acceptors (Lipinski definition) is 10. The second kappa shape index (κ2) is 23.8. The summed E-state index contributed by atoms with van der Waals surface area (Å²) in [4.78, 5) is 22.6. The van der Waals surface area contributed by atoms with E-state index >= 15 is 0 Å². The molecule has 1 aliphatic heterocycles. The molecule has 0 aromatic heterocycles. The summed E-state index contributed by atoms with van der Waals surface area (Å²) in [5.41, 5.74) is 7.01. The fourth-order valence-electron chi connectivity index (χ4n) is 10.0. The molecule has 11 nitrogen and oxygen atoms in total. The first kappa shape index (κ1) is 48.5. The highest BCUT2D eigenvalue weighted by atomic mass is 16.7. The molecule has 4 aromatic rings. The quantitative estimate of drug-likeness (QED) is 0.0401. The van der Waals surface area contributed by atoms with Crippen molar-refractivity contribution in [2.75, 3.05) is 39.6 Å². The summed E-state index contributed by atoms with van der Waals surface area (Å²) in [5.74, 6) is 0.153. The molecule has 0 saturated heterocycles. The van der Waals surface area contributed by atoms with Crippen LogP contribution in [0, 0.1) is 31.6 Å². The highest BCUT2D eigenvalue weighted by molar-refractivity contribution is 6.03.